The first kappa shape index (κ1) is 15.3. The molecule has 0 bridgehead atoms. The molecule has 1 amide bonds. The van der Waals surface area contributed by atoms with E-state index in [1.54, 1.807) is 7.11 Å². The Morgan fingerprint density at radius 2 is 1.94 bits per heavy atom. The second-order valence-corrected chi connectivity index (χ2v) is 3.15. The second kappa shape index (κ2) is 12.4. The zero-order valence-electron chi connectivity index (χ0n) is 9.87. The number of carbonyl (C=O) groups excluding carboxylic acids is 1. The lowest BCUT2D eigenvalue weighted by atomic mass is 10.5. The van der Waals surface area contributed by atoms with Crippen LogP contribution in [0.4, 0.5) is 0 Å². The highest BCUT2D eigenvalue weighted by Gasteiger charge is 1.99. The van der Waals surface area contributed by atoms with E-state index < -0.39 is 0 Å². The lowest BCUT2D eigenvalue weighted by Gasteiger charge is -2.06. The average Bonchev–Trinajstić information content (AvgIpc) is 2.30. The molecular weight excluding hydrogens is 212 g/mol. The van der Waals surface area contributed by atoms with Crippen molar-refractivity contribution in [3.8, 4) is 0 Å². The predicted octanol–water partition coefficient (Wildman–Crippen LogP) is -0.869. The van der Waals surface area contributed by atoms with Crippen molar-refractivity contribution in [2.24, 2.45) is 5.73 Å². The van der Waals surface area contributed by atoms with Gasteiger partial charge in [-0.25, -0.2) is 0 Å². The molecule has 0 aliphatic rings. The molecule has 0 atom stereocenters. The molecule has 0 unspecified atom stereocenters. The number of hydrogen-bond acceptors (Lipinski definition) is 5. The van der Waals surface area contributed by atoms with Gasteiger partial charge in [0.15, 0.2) is 0 Å². The van der Waals surface area contributed by atoms with Crippen LogP contribution in [0.15, 0.2) is 0 Å². The molecule has 0 aliphatic carbocycles. The molecule has 0 aromatic carbocycles. The summed E-state index contributed by atoms with van der Waals surface area (Å²) in [4.78, 5) is 11.0. The number of methoxy groups -OCH3 is 1. The van der Waals surface area contributed by atoms with Crippen molar-refractivity contribution in [3.63, 3.8) is 0 Å². The molecule has 0 aromatic rings. The molecule has 96 valence electrons. The fraction of sp³-hybridized carbons (Fsp3) is 0.900. The van der Waals surface area contributed by atoms with E-state index in [1.807, 2.05) is 0 Å². The normalized spacial score (nSPS) is 10.4. The largest absolute Gasteiger partial charge is 0.385 e. The van der Waals surface area contributed by atoms with Crippen LogP contribution >= 0.6 is 0 Å². The number of nitrogens with two attached hydrogens (primary N) is 1. The topological polar surface area (TPSA) is 82.8 Å². The molecule has 6 heteroatoms. The van der Waals surface area contributed by atoms with Gasteiger partial charge in [-0.2, -0.15) is 0 Å². The molecule has 0 spiro atoms. The minimum atomic E-state index is -0.148. The number of hydrogen-bond donors (Lipinski definition) is 2. The molecule has 0 radical (unpaired) electrons. The van der Waals surface area contributed by atoms with Crippen LogP contribution in [0.5, 0.6) is 0 Å². The minimum Gasteiger partial charge on any atom is -0.385 e. The van der Waals surface area contributed by atoms with Crippen molar-refractivity contribution in [2.75, 3.05) is 53.2 Å². The van der Waals surface area contributed by atoms with Gasteiger partial charge in [-0.05, 0) is 6.42 Å². The number of carbonyl (C=O) groups is 1. The lowest BCUT2D eigenvalue weighted by Crippen LogP contribution is -2.32. The van der Waals surface area contributed by atoms with E-state index in [4.69, 9.17) is 19.9 Å². The van der Waals surface area contributed by atoms with Gasteiger partial charge in [-0.3, -0.25) is 4.79 Å². The second-order valence-electron chi connectivity index (χ2n) is 3.15. The Morgan fingerprint density at radius 3 is 2.62 bits per heavy atom. The molecule has 0 saturated carbocycles. The van der Waals surface area contributed by atoms with E-state index in [-0.39, 0.29) is 12.5 Å². The van der Waals surface area contributed by atoms with Crippen LogP contribution in [-0.2, 0) is 19.0 Å². The maximum absolute atomic E-state index is 11.0. The summed E-state index contributed by atoms with van der Waals surface area (Å²) in [6, 6.07) is 0. The Bertz CT molecular complexity index is 167. The molecule has 0 aromatic heterocycles. The summed E-state index contributed by atoms with van der Waals surface area (Å²) < 4.78 is 15.2. The van der Waals surface area contributed by atoms with E-state index in [2.05, 4.69) is 5.32 Å². The molecule has 0 saturated heterocycles. The highest BCUT2D eigenvalue weighted by molar-refractivity contribution is 5.77. The molecule has 0 aliphatic heterocycles. The van der Waals surface area contributed by atoms with Crippen molar-refractivity contribution < 1.29 is 19.0 Å². The van der Waals surface area contributed by atoms with Gasteiger partial charge in [0, 0.05) is 33.4 Å². The van der Waals surface area contributed by atoms with E-state index in [0.717, 1.165) is 6.42 Å². The van der Waals surface area contributed by atoms with Crippen molar-refractivity contribution in [1.82, 2.24) is 5.32 Å². The fourth-order valence-electron chi connectivity index (χ4n) is 0.953. The fourth-order valence-corrected chi connectivity index (χ4v) is 0.953. The SMILES string of the molecule is COCCCOCCOCC(=O)NCCN. The van der Waals surface area contributed by atoms with Gasteiger partial charge in [0.1, 0.15) is 6.61 Å². The van der Waals surface area contributed by atoms with Crippen molar-refractivity contribution in [2.45, 2.75) is 6.42 Å². The summed E-state index contributed by atoms with van der Waals surface area (Å²) in [7, 11) is 1.66. The Balaban J connectivity index is 3.05. The number of ether oxygens (including phenoxy) is 3. The maximum atomic E-state index is 11.0. The first-order valence-electron chi connectivity index (χ1n) is 5.42. The van der Waals surface area contributed by atoms with E-state index in [0.29, 0.717) is 39.5 Å². The molecule has 0 heterocycles. The quantitative estimate of drug-likeness (QED) is 0.454. The summed E-state index contributed by atoms with van der Waals surface area (Å²) in [5.74, 6) is -0.148. The summed E-state index contributed by atoms with van der Waals surface area (Å²) in [6.45, 7) is 3.24. The smallest absolute Gasteiger partial charge is 0.246 e. The van der Waals surface area contributed by atoms with E-state index in [9.17, 15) is 4.79 Å². The molecule has 3 N–H and O–H groups in total. The van der Waals surface area contributed by atoms with Gasteiger partial charge in [0.2, 0.25) is 5.91 Å². The predicted molar refractivity (Wildman–Crippen MR) is 60.2 cm³/mol. The van der Waals surface area contributed by atoms with Gasteiger partial charge in [0.05, 0.1) is 13.2 Å². The summed E-state index contributed by atoms with van der Waals surface area (Å²) >= 11 is 0. The lowest BCUT2D eigenvalue weighted by molar-refractivity contribution is -0.126. The number of nitrogens with one attached hydrogen (secondary N) is 1. The third kappa shape index (κ3) is 11.4. The standard InChI is InChI=1S/C10H22N2O4/c1-14-5-2-6-15-7-8-16-9-10(13)12-4-3-11/h2-9,11H2,1H3,(H,12,13). The first-order valence-corrected chi connectivity index (χ1v) is 5.42. The highest BCUT2D eigenvalue weighted by atomic mass is 16.5. The van der Waals surface area contributed by atoms with Gasteiger partial charge in [-0.15, -0.1) is 0 Å². The van der Waals surface area contributed by atoms with E-state index in [1.165, 1.54) is 0 Å². The Hall–Kier alpha value is -0.690. The molecule has 16 heavy (non-hydrogen) atoms. The van der Waals surface area contributed by atoms with E-state index >= 15 is 0 Å². The van der Waals surface area contributed by atoms with Crippen LogP contribution in [0.1, 0.15) is 6.42 Å². The molecule has 0 rings (SSSR count). The monoisotopic (exact) mass is 234 g/mol. The zero-order valence-corrected chi connectivity index (χ0v) is 9.87. The summed E-state index contributed by atoms with van der Waals surface area (Å²) in [5.41, 5.74) is 5.23. The molecule has 0 fully saturated rings. The Labute approximate surface area is 96.4 Å². The minimum absolute atomic E-state index is 0.0570. The maximum Gasteiger partial charge on any atom is 0.246 e. The Morgan fingerprint density at radius 1 is 1.19 bits per heavy atom. The van der Waals surface area contributed by atoms with Crippen LogP contribution in [0.2, 0.25) is 0 Å². The third-order valence-corrected chi connectivity index (χ3v) is 1.71. The van der Waals surface area contributed by atoms with Crippen LogP contribution in [0, 0.1) is 0 Å². The van der Waals surface area contributed by atoms with Gasteiger partial charge in [0.25, 0.3) is 0 Å². The summed E-state index contributed by atoms with van der Waals surface area (Å²) in [6.07, 6.45) is 0.869. The molecular formula is C10H22N2O4. The zero-order chi connectivity index (χ0) is 12.1. The van der Waals surface area contributed by atoms with Crippen LogP contribution in [0.3, 0.4) is 0 Å². The number of amides is 1. The third-order valence-electron chi connectivity index (χ3n) is 1.71. The highest BCUT2D eigenvalue weighted by Crippen LogP contribution is 1.84. The van der Waals surface area contributed by atoms with Crippen molar-refractivity contribution in [3.05, 3.63) is 0 Å². The van der Waals surface area contributed by atoms with Gasteiger partial charge >= 0.3 is 0 Å². The van der Waals surface area contributed by atoms with Crippen molar-refractivity contribution >= 4 is 5.91 Å². The van der Waals surface area contributed by atoms with Gasteiger partial charge < -0.3 is 25.3 Å². The average molecular weight is 234 g/mol. The first-order chi connectivity index (χ1) is 7.81. The van der Waals surface area contributed by atoms with Crippen LogP contribution < -0.4 is 11.1 Å². The van der Waals surface area contributed by atoms with Crippen molar-refractivity contribution in [1.29, 1.82) is 0 Å². The molecule has 6 nitrogen and oxygen atoms in total. The Kier molecular flexibility index (Phi) is 11.8. The number of rotatable bonds is 11. The van der Waals surface area contributed by atoms with Crippen LogP contribution in [-0.4, -0.2) is 59.1 Å². The summed E-state index contributed by atoms with van der Waals surface area (Å²) in [5, 5.41) is 2.60. The van der Waals surface area contributed by atoms with Crippen LogP contribution in [0.25, 0.3) is 0 Å². The van der Waals surface area contributed by atoms with Gasteiger partial charge in [-0.1, -0.05) is 0 Å².